The van der Waals surface area contributed by atoms with Crippen LogP contribution in [0.2, 0.25) is 15.1 Å². The van der Waals surface area contributed by atoms with Gasteiger partial charge in [0.2, 0.25) is 10.0 Å². The van der Waals surface area contributed by atoms with E-state index in [9.17, 15) is 41.3 Å². The minimum atomic E-state index is -4.62. The molecule has 1 N–H and O–H groups in total. The molecule has 4 aromatic carbocycles. The lowest BCUT2D eigenvalue weighted by Crippen LogP contribution is -2.29. The third-order valence-electron chi connectivity index (χ3n) is 5.97. The second-order valence-corrected chi connectivity index (χ2v) is 12.8. The smallest absolute Gasteiger partial charge is 0.416 e. The molecule has 0 saturated heterocycles. The average Bonchev–Trinajstić information content (AvgIpc) is 3.02. The van der Waals surface area contributed by atoms with Crippen LogP contribution < -0.4 is 18.9 Å². The van der Waals surface area contributed by atoms with Gasteiger partial charge in [0.15, 0.2) is 6.10 Å². The van der Waals surface area contributed by atoms with Gasteiger partial charge in [-0.3, -0.25) is 14.9 Å². The number of hydrogen-bond acceptors (Lipinski definition) is 10. The fourth-order valence-corrected chi connectivity index (χ4v) is 4.83. The first-order valence-electron chi connectivity index (χ1n) is 13.6. The van der Waals surface area contributed by atoms with Gasteiger partial charge in [-0.1, -0.05) is 34.8 Å². The lowest BCUT2D eigenvalue weighted by atomic mass is 10.1. The summed E-state index contributed by atoms with van der Waals surface area (Å²) in [5.41, 5.74) is -2.34. The highest BCUT2D eigenvalue weighted by atomic mass is 35.5. The van der Waals surface area contributed by atoms with E-state index in [0.717, 1.165) is 24.3 Å². The van der Waals surface area contributed by atoms with Crippen molar-refractivity contribution in [3.63, 3.8) is 0 Å². The number of benzene rings is 4. The summed E-state index contributed by atoms with van der Waals surface area (Å²) < 4.78 is 82.9. The Morgan fingerprint density at radius 2 is 1.38 bits per heavy atom. The Hall–Kier alpha value is -4.77. The van der Waals surface area contributed by atoms with E-state index < -0.39 is 60.9 Å². The van der Waals surface area contributed by atoms with Gasteiger partial charge in [-0.2, -0.15) is 13.2 Å². The summed E-state index contributed by atoms with van der Waals surface area (Å²) in [4.78, 5) is 33.4. The van der Waals surface area contributed by atoms with Crippen LogP contribution in [-0.4, -0.2) is 44.7 Å². The molecule has 0 fully saturated rings. The molecule has 4 aromatic rings. The summed E-state index contributed by atoms with van der Waals surface area (Å²) in [5, 5.41) is 11.6. The van der Waals surface area contributed by atoms with E-state index in [-0.39, 0.29) is 11.5 Å². The van der Waals surface area contributed by atoms with Crippen LogP contribution >= 0.6 is 34.8 Å². The van der Waals surface area contributed by atoms with Crippen molar-refractivity contribution in [2.24, 2.45) is 0 Å². The van der Waals surface area contributed by atoms with Crippen molar-refractivity contribution >= 4 is 62.4 Å². The van der Waals surface area contributed by atoms with E-state index in [0.29, 0.717) is 45.7 Å². The number of alkyl halides is 3. The lowest BCUT2D eigenvalue weighted by Gasteiger charge is -2.13. The number of rotatable bonds is 10. The molecule has 1 atom stereocenters. The fourth-order valence-electron chi connectivity index (χ4n) is 3.72. The summed E-state index contributed by atoms with van der Waals surface area (Å²) in [6.07, 6.45) is -4.62. The molecule has 0 bridgehead atoms. The number of ether oxygens (including phenoxy) is 4. The van der Waals surface area contributed by atoms with Crippen LogP contribution in [-0.2, 0) is 25.7 Å². The highest BCUT2D eigenvalue weighted by molar-refractivity contribution is 7.89. The molecule has 0 aliphatic heterocycles. The normalized spacial score (nSPS) is 11.7. The molecule has 12 nitrogen and oxygen atoms in total. The van der Waals surface area contributed by atoms with Crippen molar-refractivity contribution in [3.05, 3.63) is 115 Å². The molecule has 0 aliphatic carbocycles. The zero-order valence-electron chi connectivity index (χ0n) is 25.8. The van der Waals surface area contributed by atoms with Gasteiger partial charge in [0.05, 0.1) is 33.9 Å². The number of carbonyl (C=O) groups excluding carboxylic acids is 2. The SMILES string of the molecule is COC(=O)C(C)Oc1ccc(Oc2ccc(Cl)cc2Cl)cc1.CS(=O)(=O)NC(=O)c1cc(Oc2ccc(C(F)(F)F)cc2Cl)ccc1[N+](=O)[O-]. The number of halogens is 6. The maximum Gasteiger partial charge on any atom is 0.416 e. The zero-order valence-corrected chi connectivity index (χ0v) is 28.9. The number of nitro benzene ring substituents is 1. The molecule has 0 aromatic heterocycles. The van der Waals surface area contributed by atoms with Crippen LogP contribution in [0.4, 0.5) is 18.9 Å². The predicted molar refractivity (Wildman–Crippen MR) is 177 cm³/mol. The number of hydrogen-bond donors (Lipinski definition) is 1. The Labute approximate surface area is 297 Å². The molecule has 1 unspecified atom stereocenters. The topological polar surface area (TPSA) is 160 Å². The summed E-state index contributed by atoms with van der Waals surface area (Å²) in [6, 6.07) is 16.9. The predicted octanol–water partition coefficient (Wildman–Crippen LogP) is 8.47. The molecule has 0 aliphatic rings. The number of sulfonamides is 1. The van der Waals surface area contributed by atoms with Crippen LogP contribution in [0.1, 0.15) is 22.8 Å². The Kier molecular flexibility index (Phi) is 13.3. The lowest BCUT2D eigenvalue weighted by molar-refractivity contribution is -0.385. The Morgan fingerprint density at radius 3 is 1.90 bits per heavy atom. The number of amides is 1. The van der Waals surface area contributed by atoms with Gasteiger partial charge in [0, 0.05) is 17.2 Å². The number of carbonyl (C=O) groups is 2. The highest BCUT2D eigenvalue weighted by Crippen LogP contribution is 2.37. The largest absolute Gasteiger partial charge is 0.479 e. The first-order valence-corrected chi connectivity index (χ1v) is 16.6. The molecule has 0 heterocycles. The van der Waals surface area contributed by atoms with E-state index in [4.69, 9.17) is 49.0 Å². The average molecular weight is 780 g/mol. The standard InChI is InChI=1S/C16H14Cl2O4.C15H10ClF3N2O6S/c1-10(16(19)20-2)21-12-4-6-13(7-5-12)22-15-8-3-11(17)9-14(15)18;1-28(25,26)20-14(22)10-7-9(3-4-12(10)21(23)24)27-13-5-2-8(6-11(13)16)15(17,18)19/h3-10H,1-2H3;2-7H,1H3,(H,20,22). The van der Waals surface area contributed by atoms with Gasteiger partial charge in [0.1, 0.15) is 34.3 Å². The second kappa shape index (κ2) is 16.8. The third-order valence-corrected chi connectivity index (χ3v) is 7.35. The molecule has 4 rings (SSSR count). The van der Waals surface area contributed by atoms with Gasteiger partial charge in [-0.15, -0.1) is 0 Å². The number of methoxy groups -OCH3 is 1. The van der Waals surface area contributed by atoms with Gasteiger partial charge in [0.25, 0.3) is 11.6 Å². The Bertz CT molecular complexity index is 2000. The maximum absolute atomic E-state index is 12.7. The van der Waals surface area contributed by atoms with E-state index in [1.54, 1.807) is 54.1 Å². The first-order chi connectivity index (χ1) is 23.3. The van der Waals surface area contributed by atoms with Crippen molar-refractivity contribution < 1.29 is 55.0 Å². The van der Waals surface area contributed by atoms with Crippen LogP contribution in [0, 0.1) is 10.1 Å². The second-order valence-electron chi connectivity index (χ2n) is 9.82. The van der Waals surface area contributed by atoms with Gasteiger partial charge >= 0.3 is 12.1 Å². The van der Waals surface area contributed by atoms with E-state index in [1.807, 2.05) is 0 Å². The van der Waals surface area contributed by atoms with Crippen LogP contribution in [0.15, 0.2) is 78.9 Å². The molecule has 0 radical (unpaired) electrons. The quantitative estimate of drug-likeness (QED) is 0.0939. The van der Waals surface area contributed by atoms with Crippen molar-refractivity contribution in [1.82, 2.24) is 4.72 Å². The summed E-state index contributed by atoms with van der Waals surface area (Å²) in [6.45, 7) is 1.61. The van der Waals surface area contributed by atoms with Crippen molar-refractivity contribution in [1.29, 1.82) is 0 Å². The third kappa shape index (κ3) is 11.7. The molecule has 50 heavy (non-hydrogen) atoms. The maximum atomic E-state index is 12.7. The highest BCUT2D eigenvalue weighted by Gasteiger charge is 2.31. The number of esters is 1. The summed E-state index contributed by atoms with van der Waals surface area (Å²) >= 11 is 17.6. The van der Waals surface area contributed by atoms with Gasteiger partial charge in [-0.25, -0.2) is 17.9 Å². The molecule has 19 heteroatoms. The molecular formula is C31H24Cl3F3N2O10S. The van der Waals surface area contributed by atoms with Crippen molar-refractivity contribution in [3.8, 4) is 28.7 Å². The minimum absolute atomic E-state index is 0.189. The van der Waals surface area contributed by atoms with E-state index >= 15 is 0 Å². The summed E-state index contributed by atoms with van der Waals surface area (Å²) in [5.74, 6) is -0.493. The van der Waals surface area contributed by atoms with Gasteiger partial charge in [-0.05, 0) is 73.7 Å². The van der Waals surface area contributed by atoms with E-state index in [1.165, 1.54) is 7.11 Å². The first kappa shape index (κ1) is 39.7. The molecule has 0 spiro atoms. The van der Waals surface area contributed by atoms with Crippen LogP contribution in [0.25, 0.3) is 0 Å². The summed E-state index contributed by atoms with van der Waals surface area (Å²) in [7, 11) is -2.69. The van der Waals surface area contributed by atoms with Crippen molar-refractivity contribution in [2.75, 3.05) is 13.4 Å². The van der Waals surface area contributed by atoms with E-state index in [2.05, 4.69) is 4.74 Å². The molecular weight excluding hydrogens is 756 g/mol. The van der Waals surface area contributed by atoms with Crippen molar-refractivity contribution in [2.45, 2.75) is 19.2 Å². The Morgan fingerprint density at radius 1 is 0.840 bits per heavy atom. The molecule has 266 valence electrons. The fraction of sp³-hybridized carbons (Fsp3) is 0.161. The number of nitrogens with one attached hydrogen (secondary N) is 1. The zero-order chi connectivity index (χ0) is 37.4. The molecule has 0 saturated carbocycles. The molecule has 1 amide bonds. The number of nitrogens with zero attached hydrogens (tertiary/aromatic N) is 1. The van der Waals surface area contributed by atoms with Crippen LogP contribution in [0.5, 0.6) is 28.7 Å². The Balaban J connectivity index is 0.000000278. The number of nitro groups is 1. The van der Waals surface area contributed by atoms with Crippen LogP contribution in [0.3, 0.4) is 0 Å². The minimum Gasteiger partial charge on any atom is -0.479 e. The van der Waals surface area contributed by atoms with Gasteiger partial charge < -0.3 is 18.9 Å². The monoisotopic (exact) mass is 778 g/mol.